The van der Waals surface area contributed by atoms with Crippen molar-refractivity contribution in [2.75, 3.05) is 0 Å². The van der Waals surface area contributed by atoms with Gasteiger partial charge in [0.15, 0.2) is 0 Å². The summed E-state index contributed by atoms with van der Waals surface area (Å²) in [5.74, 6) is 0.0457. The zero-order valence-electron chi connectivity index (χ0n) is 11.2. The van der Waals surface area contributed by atoms with E-state index in [1.165, 1.54) is 0 Å². The van der Waals surface area contributed by atoms with Crippen molar-refractivity contribution in [2.24, 2.45) is 0 Å². The third kappa shape index (κ3) is 2.74. The Morgan fingerprint density at radius 3 is 2.65 bits per heavy atom. The van der Waals surface area contributed by atoms with Crippen LogP contribution in [0, 0.1) is 0 Å². The molecule has 2 aliphatic heterocycles. The second kappa shape index (κ2) is 5.58. The lowest BCUT2D eigenvalue weighted by atomic mass is 10.00. The molecule has 2 saturated heterocycles. The molecule has 106 valence electrons. The quantitative estimate of drug-likeness (QED) is 0.851. The number of carbonyl (C=O) groups excluding carboxylic acids is 1. The molecule has 2 fully saturated rings. The minimum absolute atomic E-state index is 0.0457. The van der Waals surface area contributed by atoms with Gasteiger partial charge in [0.1, 0.15) is 0 Å². The molecular weight excluding hydrogens is 274 g/mol. The van der Waals surface area contributed by atoms with Gasteiger partial charge in [-0.1, -0.05) is 23.7 Å². The molecule has 1 aromatic carbocycles. The van der Waals surface area contributed by atoms with Crippen molar-refractivity contribution >= 4 is 23.6 Å². The van der Waals surface area contributed by atoms with Gasteiger partial charge in [-0.15, -0.1) is 0 Å². The second-order valence-corrected chi connectivity index (χ2v) is 6.08. The lowest BCUT2D eigenvalue weighted by Crippen LogP contribution is -2.47. The number of nitrogens with zero attached hydrogens (tertiary/aromatic N) is 1. The number of rotatable bonds is 2. The normalized spacial score (nSPS) is 29.1. The zero-order valence-corrected chi connectivity index (χ0v) is 12.0. The number of amides is 1. The van der Waals surface area contributed by atoms with E-state index in [2.05, 4.69) is 0 Å². The molecule has 2 aliphatic rings. The van der Waals surface area contributed by atoms with Gasteiger partial charge < -0.3 is 10.0 Å². The standard InChI is InChI=1S/C16H18ClNO2/c17-12-3-1-2-11(8-12)4-7-16(20)18-13-5-6-14(18)10-15(19)9-13/h1-4,7-8,13-15,19H,5-6,9-10H2. The van der Waals surface area contributed by atoms with Crippen molar-refractivity contribution in [3.8, 4) is 0 Å². The SMILES string of the molecule is O=C(C=Cc1cccc(Cl)c1)N1C2CCC1CC(O)C2. The number of carbonyl (C=O) groups is 1. The van der Waals surface area contributed by atoms with Gasteiger partial charge in [0, 0.05) is 23.2 Å². The van der Waals surface area contributed by atoms with E-state index in [4.69, 9.17) is 11.6 Å². The van der Waals surface area contributed by atoms with Gasteiger partial charge >= 0.3 is 0 Å². The van der Waals surface area contributed by atoms with Crippen molar-refractivity contribution in [2.45, 2.75) is 43.9 Å². The highest BCUT2D eigenvalue weighted by Gasteiger charge is 2.41. The number of hydrogen-bond acceptors (Lipinski definition) is 2. The fraction of sp³-hybridized carbons (Fsp3) is 0.438. The van der Waals surface area contributed by atoms with Gasteiger partial charge in [-0.3, -0.25) is 4.79 Å². The predicted octanol–water partition coefficient (Wildman–Crippen LogP) is 2.87. The minimum Gasteiger partial charge on any atom is -0.393 e. The van der Waals surface area contributed by atoms with Crippen LogP contribution in [0.4, 0.5) is 0 Å². The fourth-order valence-corrected chi connectivity index (χ4v) is 3.57. The maximum absolute atomic E-state index is 12.3. The van der Waals surface area contributed by atoms with Crippen LogP contribution in [0.15, 0.2) is 30.3 Å². The molecule has 0 radical (unpaired) electrons. The number of aliphatic hydroxyl groups is 1. The van der Waals surface area contributed by atoms with Gasteiger partial charge in [0.25, 0.3) is 0 Å². The molecule has 2 unspecified atom stereocenters. The first-order valence-electron chi connectivity index (χ1n) is 7.07. The smallest absolute Gasteiger partial charge is 0.247 e. The van der Waals surface area contributed by atoms with E-state index in [9.17, 15) is 9.90 Å². The van der Waals surface area contributed by atoms with Crippen LogP contribution in [0.25, 0.3) is 6.08 Å². The first-order valence-corrected chi connectivity index (χ1v) is 7.45. The zero-order chi connectivity index (χ0) is 14.1. The molecule has 0 saturated carbocycles. The molecule has 1 aromatic rings. The monoisotopic (exact) mass is 291 g/mol. The highest BCUT2D eigenvalue weighted by atomic mass is 35.5. The minimum atomic E-state index is -0.242. The summed E-state index contributed by atoms with van der Waals surface area (Å²) >= 11 is 5.92. The fourth-order valence-electron chi connectivity index (χ4n) is 3.37. The maximum Gasteiger partial charge on any atom is 0.247 e. The Balaban J connectivity index is 1.71. The van der Waals surface area contributed by atoms with Crippen molar-refractivity contribution in [3.63, 3.8) is 0 Å². The molecule has 1 N–H and O–H groups in total. The van der Waals surface area contributed by atoms with Crippen molar-refractivity contribution < 1.29 is 9.90 Å². The average molecular weight is 292 g/mol. The molecule has 4 heteroatoms. The Morgan fingerprint density at radius 2 is 2.00 bits per heavy atom. The number of fused-ring (bicyclic) bond motifs is 2. The second-order valence-electron chi connectivity index (χ2n) is 5.64. The topological polar surface area (TPSA) is 40.5 Å². The number of hydrogen-bond donors (Lipinski definition) is 1. The van der Waals surface area contributed by atoms with Gasteiger partial charge in [0.05, 0.1) is 6.10 Å². The van der Waals surface area contributed by atoms with Gasteiger partial charge in [-0.2, -0.15) is 0 Å². The largest absolute Gasteiger partial charge is 0.393 e. The first-order chi connectivity index (χ1) is 9.63. The summed E-state index contributed by atoms with van der Waals surface area (Å²) in [5, 5.41) is 10.4. The van der Waals surface area contributed by atoms with Gasteiger partial charge in [-0.05, 0) is 49.5 Å². The molecule has 1 amide bonds. The Bertz CT molecular complexity index is 529. The van der Waals surface area contributed by atoms with Crippen LogP contribution >= 0.6 is 11.6 Å². The predicted molar refractivity (Wildman–Crippen MR) is 79.4 cm³/mol. The number of piperidine rings is 1. The number of halogens is 1. The van der Waals surface area contributed by atoms with Gasteiger partial charge in [0.2, 0.25) is 5.91 Å². The van der Waals surface area contributed by atoms with Crippen LogP contribution in [0.3, 0.4) is 0 Å². The van der Waals surface area contributed by atoms with E-state index in [1.807, 2.05) is 29.2 Å². The van der Waals surface area contributed by atoms with Crippen LogP contribution < -0.4 is 0 Å². The molecule has 3 rings (SSSR count). The Hall–Kier alpha value is -1.32. The van der Waals surface area contributed by atoms with Crippen LogP contribution in [0.2, 0.25) is 5.02 Å². The maximum atomic E-state index is 12.3. The van der Waals surface area contributed by atoms with Crippen LogP contribution in [0.1, 0.15) is 31.2 Å². The summed E-state index contributed by atoms with van der Waals surface area (Å²) in [6.07, 6.45) is 6.64. The summed E-state index contributed by atoms with van der Waals surface area (Å²) in [5.41, 5.74) is 0.926. The Labute approximate surface area is 123 Å². The van der Waals surface area contributed by atoms with Crippen LogP contribution in [0.5, 0.6) is 0 Å². The highest BCUT2D eigenvalue weighted by molar-refractivity contribution is 6.30. The molecule has 0 aliphatic carbocycles. The van der Waals surface area contributed by atoms with E-state index in [0.717, 1.165) is 18.4 Å². The number of benzene rings is 1. The molecule has 2 atom stereocenters. The van der Waals surface area contributed by atoms with Crippen molar-refractivity contribution in [1.82, 2.24) is 4.90 Å². The van der Waals surface area contributed by atoms with E-state index < -0.39 is 0 Å². The molecule has 0 spiro atoms. The molecule has 0 aromatic heterocycles. The lowest BCUT2D eigenvalue weighted by molar-refractivity contribution is -0.131. The Kier molecular flexibility index (Phi) is 3.81. The van der Waals surface area contributed by atoms with Crippen molar-refractivity contribution in [1.29, 1.82) is 0 Å². The third-order valence-corrected chi connectivity index (χ3v) is 4.46. The molecular formula is C16H18ClNO2. The highest BCUT2D eigenvalue weighted by Crippen LogP contribution is 2.35. The molecule has 2 bridgehead atoms. The average Bonchev–Trinajstić information content (AvgIpc) is 2.68. The van der Waals surface area contributed by atoms with Crippen molar-refractivity contribution in [3.05, 3.63) is 40.9 Å². The van der Waals surface area contributed by atoms with E-state index in [-0.39, 0.29) is 24.1 Å². The summed E-state index contributed by atoms with van der Waals surface area (Å²) in [7, 11) is 0. The summed E-state index contributed by atoms with van der Waals surface area (Å²) in [6, 6.07) is 7.85. The summed E-state index contributed by atoms with van der Waals surface area (Å²) in [6.45, 7) is 0. The van der Waals surface area contributed by atoms with E-state index >= 15 is 0 Å². The summed E-state index contributed by atoms with van der Waals surface area (Å²) in [4.78, 5) is 14.3. The molecule has 20 heavy (non-hydrogen) atoms. The van der Waals surface area contributed by atoms with Crippen LogP contribution in [-0.4, -0.2) is 34.1 Å². The first kappa shape index (κ1) is 13.7. The van der Waals surface area contributed by atoms with E-state index in [1.54, 1.807) is 12.2 Å². The molecule has 2 heterocycles. The van der Waals surface area contributed by atoms with E-state index in [0.29, 0.717) is 17.9 Å². The Morgan fingerprint density at radius 1 is 1.30 bits per heavy atom. The number of aliphatic hydroxyl groups excluding tert-OH is 1. The molecule has 3 nitrogen and oxygen atoms in total. The van der Waals surface area contributed by atoms with Gasteiger partial charge in [-0.25, -0.2) is 0 Å². The third-order valence-electron chi connectivity index (χ3n) is 4.23. The summed E-state index contributed by atoms with van der Waals surface area (Å²) < 4.78 is 0. The lowest BCUT2D eigenvalue weighted by Gasteiger charge is -2.36. The van der Waals surface area contributed by atoms with Crippen LogP contribution in [-0.2, 0) is 4.79 Å².